The monoisotopic (exact) mass is 292 g/mol. The van der Waals surface area contributed by atoms with Crippen LogP contribution in [0.2, 0.25) is 5.02 Å². The van der Waals surface area contributed by atoms with Crippen molar-refractivity contribution in [1.82, 2.24) is 4.98 Å². The normalized spacial score (nSPS) is 14.0. The highest BCUT2D eigenvalue weighted by atomic mass is 35.5. The quantitative estimate of drug-likeness (QED) is 0.868. The molecule has 6 heteroatoms. The summed E-state index contributed by atoms with van der Waals surface area (Å²) in [6.45, 7) is 3.54. The third kappa shape index (κ3) is 2.49. The van der Waals surface area contributed by atoms with Crippen LogP contribution in [-0.4, -0.2) is 30.6 Å². The van der Waals surface area contributed by atoms with Crippen LogP contribution in [0, 0.1) is 0 Å². The van der Waals surface area contributed by atoms with Gasteiger partial charge in [-0.05, 0) is 25.1 Å². The zero-order valence-electron chi connectivity index (χ0n) is 10.9. The molecule has 20 heavy (non-hydrogen) atoms. The van der Waals surface area contributed by atoms with E-state index in [1.54, 1.807) is 12.1 Å². The molecule has 0 atom stereocenters. The highest BCUT2D eigenvalue weighted by Crippen LogP contribution is 2.30. The average Bonchev–Trinajstić information content (AvgIpc) is 3.07. The van der Waals surface area contributed by atoms with Gasteiger partial charge in [0.2, 0.25) is 17.5 Å². The second-order valence-corrected chi connectivity index (χ2v) is 4.57. The molecule has 0 fully saturated rings. The number of hydrogen-bond donors (Lipinski definition) is 0. The highest BCUT2D eigenvalue weighted by molar-refractivity contribution is 6.30. The molecule has 0 bridgehead atoms. The second kappa shape index (κ2) is 5.54. The maximum Gasteiger partial charge on any atom is 0.318 e. The Bertz CT molecular complexity index is 652. The third-order valence-electron chi connectivity index (χ3n) is 2.73. The lowest BCUT2D eigenvalue weighted by molar-refractivity contribution is 0.257. The Kier molecular flexibility index (Phi) is 3.60. The van der Waals surface area contributed by atoms with Crippen molar-refractivity contribution < 1.29 is 13.9 Å². The minimum absolute atomic E-state index is 0.322. The van der Waals surface area contributed by atoms with Crippen molar-refractivity contribution in [1.29, 1.82) is 0 Å². The molecule has 0 spiro atoms. The van der Waals surface area contributed by atoms with Gasteiger partial charge in [-0.1, -0.05) is 17.7 Å². The van der Waals surface area contributed by atoms with Crippen molar-refractivity contribution in [2.45, 2.75) is 6.92 Å². The minimum Gasteiger partial charge on any atom is -0.474 e. The predicted octanol–water partition coefficient (Wildman–Crippen LogP) is 3.17. The van der Waals surface area contributed by atoms with Gasteiger partial charge in [0.15, 0.2) is 0 Å². The summed E-state index contributed by atoms with van der Waals surface area (Å²) in [6.07, 6.45) is 0. The Balaban J connectivity index is 2.02. The first kappa shape index (κ1) is 13.0. The van der Waals surface area contributed by atoms with E-state index in [0.29, 0.717) is 48.2 Å². The van der Waals surface area contributed by atoms with E-state index >= 15 is 0 Å². The molecule has 0 radical (unpaired) electrons. The fourth-order valence-electron chi connectivity index (χ4n) is 1.89. The molecule has 2 aromatic rings. The first-order chi connectivity index (χ1) is 9.78. The van der Waals surface area contributed by atoms with Crippen molar-refractivity contribution >= 4 is 17.5 Å². The summed E-state index contributed by atoms with van der Waals surface area (Å²) in [7, 11) is 0. The molecule has 104 valence electrons. The van der Waals surface area contributed by atoms with Crippen LogP contribution in [0.15, 0.2) is 33.7 Å². The number of benzene rings is 1. The molecule has 0 saturated carbocycles. The number of aromatic nitrogens is 1. The first-order valence-corrected chi connectivity index (χ1v) is 6.73. The molecule has 0 unspecified atom stereocenters. The summed E-state index contributed by atoms with van der Waals surface area (Å²) in [6, 6.07) is 7.28. The zero-order valence-corrected chi connectivity index (χ0v) is 11.7. The summed E-state index contributed by atoms with van der Waals surface area (Å²) >= 11 is 5.98. The van der Waals surface area contributed by atoms with Crippen LogP contribution in [0.4, 0.5) is 0 Å². The molecule has 0 N–H and O–H groups in total. The maximum absolute atomic E-state index is 5.98. The third-order valence-corrected chi connectivity index (χ3v) is 2.97. The lowest BCUT2D eigenvalue weighted by atomic mass is 10.2. The number of aliphatic imine (C=N–C) groups is 1. The molecule has 1 aromatic heterocycles. The molecule has 1 aliphatic heterocycles. The van der Waals surface area contributed by atoms with E-state index in [0.717, 1.165) is 5.56 Å². The lowest BCUT2D eigenvalue weighted by Crippen LogP contribution is -2.04. The molecular formula is C14H13ClN2O3. The molecule has 2 heterocycles. The summed E-state index contributed by atoms with van der Waals surface area (Å²) in [5.74, 6) is 1.22. The van der Waals surface area contributed by atoms with Gasteiger partial charge in [-0.25, -0.2) is 4.99 Å². The molecule has 0 aliphatic carbocycles. The van der Waals surface area contributed by atoms with Crippen LogP contribution in [-0.2, 0) is 4.74 Å². The summed E-state index contributed by atoms with van der Waals surface area (Å²) in [5.41, 5.74) is 1.28. The largest absolute Gasteiger partial charge is 0.474 e. The number of hydrogen-bond acceptors (Lipinski definition) is 5. The molecule has 0 amide bonds. The number of rotatable bonds is 4. The Morgan fingerprint density at radius 2 is 2.30 bits per heavy atom. The minimum atomic E-state index is 0.322. The van der Waals surface area contributed by atoms with Gasteiger partial charge in [0.1, 0.15) is 6.61 Å². The van der Waals surface area contributed by atoms with Crippen molar-refractivity contribution in [2.75, 3.05) is 19.8 Å². The highest BCUT2D eigenvalue weighted by Gasteiger charge is 2.24. The smallest absolute Gasteiger partial charge is 0.318 e. The van der Waals surface area contributed by atoms with Crippen LogP contribution >= 0.6 is 11.6 Å². The van der Waals surface area contributed by atoms with Gasteiger partial charge in [0.25, 0.3) is 0 Å². The van der Waals surface area contributed by atoms with Crippen LogP contribution in [0.1, 0.15) is 12.6 Å². The number of ether oxygens (including phenoxy) is 2. The van der Waals surface area contributed by atoms with E-state index in [1.807, 2.05) is 19.1 Å². The Morgan fingerprint density at radius 3 is 3.00 bits per heavy atom. The molecule has 1 aliphatic rings. The van der Waals surface area contributed by atoms with Gasteiger partial charge in [0.05, 0.1) is 13.2 Å². The van der Waals surface area contributed by atoms with Gasteiger partial charge in [-0.2, -0.15) is 4.98 Å². The van der Waals surface area contributed by atoms with E-state index in [2.05, 4.69) is 9.98 Å². The summed E-state index contributed by atoms with van der Waals surface area (Å²) in [4.78, 5) is 8.66. The maximum atomic E-state index is 5.98. The summed E-state index contributed by atoms with van der Waals surface area (Å²) < 4.78 is 16.5. The Hall–Kier alpha value is -2.01. The van der Waals surface area contributed by atoms with E-state index < -0.39 is 0 Å². The predicted molar refractivity (Wildman–Crippen MR) is 75.5 cm³/mol. The van der Waals surface area contributed by atoms with Crippen molar-refractivity contribution in [3.63, 3.8) is 0 Å². The number of nitrogens with zero attached hydrogens (tertiary/aromatic N) is 2. The Labute approximate surface area is 121 Å². The van der Waals surface area contributed by atoms with E-state index in [1.165, 1.54) is 0 Å². The van der Waals surface area contributed by atoms with Gasteiger partial charge < -0.3 is 13.9 Å². The van der Waals surface area contributed by atoms with Gasteiger partial charge in [-0.15, -0.1) is 0 Å². The zero-order chi connectivity index (χ0) is 13.9. The van der Waals surface area contributed by atoms with Gasteiger partial charge in [0, 0.05) is 10.6 Å². The molecular weight excluding hydrogens is 280 g/mol. The van der Waals surface area contributed by atoms with Gasteiger partial charge >= 0.3 is 5.95 Å². The standard InChI is InChI=1S/C14H13ClN2O3/c1-2-18-14-11(13-16-6-7-19-13)17-12(20-14)9-4-3-5-10(15)8-9/h3-5,8H,2,6-7H2,1H3. The SMILES string of the molecule is CCOc1oc(-c2cccc(Cl)c2)nc1C1=NCCO1. The van der Waals surface area contributed by atoms with E-state index in [-0.39, 0.29) is 0 Å². The number of halogens is 1. The fourth-order valence-corrected chi connectivity index (χ4v) is 2.08. The molecule has 0 saturated heterocycles. The first-order valence-electron chi connectivity index (χ1n) is 6.35. The van der Waals surface area contributed by atoms with Crippen molar-refractivity contribution in [3.8, 4) is 17.4 Å². The topological polar surface area (TPSA) is 56.9 Å². The van der Waals surface area contributed by atoms with Crippen molar-refractivity contribution in [3.05, 3.63) is 35.0 Å². The molecule has 3 rings (SSSR count). The van der Waals surface area contributed by atoms with Crippen LogP contribution in [0.3, 0.4) is 0 Å². The van der Waals surface area contributed by atoms with Crippen LogP contribution < -0.4 is 4.74 Å². The number of oxazole rings is 1. The lowest BCUT2D eigenvalue weighted by Gasteiger charge is -2.00. The Morgan fingerprint density at radius 1 is 1.40 bits per heavy atom. The van der Waals surface area contributed by atoms with Crippen LogP contribution in [0.25, 0.3) is 11.5 Å². The fraction of sp³-hybridized carbons (Fsp3) is 0.286. The van der Waals surface area contributed by atoms with Crippen LogP contribution in [0.5, 0.6) is 5.95 Å². The summed E-state index contributed by atoms with van der Waals surface area (Å²) in [5, 5.41) is 0.620. The van der Waals surface area contributed by atoms with Gasteiger partial charge in [-0.3, -0.25) is 0 Å². The average molecular weight is 293 g/mol. The molecule has 5 nitrogen and oxygen atoms in total. The van der Waals surface area contributed by atoms with E-state index in [9.17, 15) is 0 Å². The second-order valence-electron chi connectivity index (χ2n) is 4.13. The molecule has 1 aromatic carbocycles. The van der Waals surface area contributed by atoms with E-state index in [4.69, 9.17) is 25.5 Å². The van der Waals surface area contributed by atoms with Crippen molar-refractivity contribution in [2.24, 2.45) is 4.99 Å².